The van der Waals surface area contributed by atoms with Crippen LogP contribution in [0.5, 0.6) is 11.5 Å². The molecule has 1 heterocycles. The third-order valence-corrected chi connectivity index (χ3v) is 8.05. The van der Waals surface area contributed by atoms with Crippen molar-refractivity contribution in [2.24, 2.45) is 0 Å². The monoisotopic (exact) mass is 508 g/mol. The van der Waals surface area contributed by atoms with Gasteiger partial charge in [0.15, 0.2) is 0 Å². The Hall–Kier alpha value is -3.52. The highest BCUT2D eigenvalue weighted by molar-refractivity contribution is 7.92. The smallest absolute Gasteiger partial charge is 0.264 e. The lowest BCUT2D eigenvalue weighted by atomic mass is 9.89. The van der Waals surface area contributed by atoms with E-state index in [0.717, 1.165) is 11.1 Å². The van der Waals surface area contributed by atoms with E-state index < -0.39 is 21.5 Å². The minimum absolute atomic E-state index is 0.133. The first-order valence-electron chi connectivity index (χ1n) is 12.0. The summed E-state index contributed by atoms with van der Waals surface area (Å²) in [7, 11) is -2.40. The second kappa shape index (κ2) is 10.2. The third-order valence-electron chi connectivity index (χ3n) is 6.27. The van der Waals surface area contributed by atoms with Gasteiger partial charge in [-0.2, -0.15) is 0 Å². The number of sulfonamides is 1. The number of hydrogen-bond donors (Lipinski definition) is 1. The normalized spacial score (nSPS) is 16.4. The first-order valence-corrected chi connectivity index (χ1v) is 13.4. The van der Waals surface area contributed by atoms with Crippen LogP contribution in [0.25, 0.3) is 0 Å². The Morgan fingerprint density at radius 1 is 1.08 bits per heavy atom. The molecule has 0 spiro atoms. The van der Waals surface area contributed by atoms with Gasteiger partial charge in [0.2, 0.25) is 5.91 Å². The van der Waals surface area contributed by atoms with Crippen molar-refractivity contribution in [2.45, 2.75) is 50.2 Å². The summed E-state index contributed by atoms with van der Waals surface area (Å²) < 4.78 is 40.1. The summed E-state index contributed by atoms with van der Waals surface area (Å²) >= 11 is 0. The van der Waals surface area contributed by atoms with Crippen molar-refractivity contribution in [3.63, 3.8) is 0 Å². The lowest BCUT2D eigenvalue weighted by Gasteiger charge is -2.38. The second-order valence-electron chi connectivity index (χ2n) is 9.40. The predicted octanol–water partition coefficient (Wildman–Crippen LogP) is 4.87. The molecule has 1 aliphatic heterocycles. The summed E-state index contributed by atoms with van der Waals surface area (Å²) in [6.07, 6.45) is 1.16. The zero-order valence-corrected chi connectivity index (χ0v) is 21.8. The first kappa shape index (κ1) is 25.6. The number of benzene rings is 3. The summed E-state index contributed by atoms with van der Waals surface area (Å²) in [4.78, 5) is 13.6. The maximum Gasteiger partial charge on any atom is 0.264 e. The van der Waals surface area contributed by atoms with Crippen LogP contribution in [0.1, 0.15) is 44.4 Å². The number of aryl methyl sites for hydroxylation is 1. The molecular formula is C28H32N2O5S. The van der Waals surface area contributed by atoms with Crippen molar-refractivity contribution in [1.29, 1.82) is 0 Å². The van der Waals surface area contributed by atoms with E-state index in [9.17, 15) is 13.2 Å². The lowest BCUT2D eigenvalue weighted by molar-refractivity contribution is -0.120. The van der Waals surface area contributed by atoms with E-state index in [0.29, 0.717) is 30.0 Å². The minimum Gasteiger partial charge on any atom is -0.497 e. The molecule has 0 radical (unpaired) electrons. The summed E-state index contributed by atoms with van der Waals surface area (Å²) in [5.74, 6) is 0.902. The molecule has 3 aromatic rings. The van der Waals surface area contributed by atoms with E-state index in [1.54, 1.807) is 55.6 Å². The number of anilines is 1. The number of nitrogens with zero attached hydrogens (tertiary/aromatic N) is 1. The Morgan fingerprint density at radius 2 is 1.78 bits per heavy atom. The summed E-state index contributed by atoms with van der Waals surface area (Å²) in [5.41, 5.74) is 1.64. The number of hydrogen-bond acceptors (Lipinski definition) is 5. The molecule has 4 rings (SSSR count). The van der Waals surface area contributed by atoms with Crippen LogP contribution in [-0.4, -0.2) is 33.6 Å². The highest BCUT2D eigenvalue weighted by Crippen LogP contribution is 2.41. The average Bonchev–Trinajstić information content (AvgIpc) is 2.86. The number of nitrogens with one attached hydrogen (secondary N) is 1. The number of fused-ring (bicyclic) bond motifs is 1. The summed E-state index contributed by atoms with van der Waals surface area (Å²) in [6.45, 7) is 5.52. The van der Waals surface area contributed by atoms with Gasteiger partial charge >= 0.3 is 0 Å². The van der Waals surface area contributed by atoms with Gasteiger partial charge in [-0.25, -0.2) is 8.42 Å². The molecule has 0 bridgehead atoms. The van der Waals surface area contributed by atoms with Crippen LogP contribution in [0.3, 0.4) is 0 Å². The van der Waals surface area contributed by atoms with Gasteiger partial charge in [0.1, 0.15) is 23.6 Å². The van der Waals surface area contributed by atoms with E-state index >= 15 is 0 Å². The molecule has 7 nitrogen and oxygen atoms in total. The SMILES string of the molecule is CCc1ccccc1N(CC(=O)NC1CC(C)(C)Oc2cc(OC)ccc21)S(=O)(=O)c1ccccc1. The van der Waals surface area contributed by atoms with E-state index in [-0.39, 0.29) is 17.5 Å². The molecule has 36 heavy (non-hydrogen) atoms. The number of carbonyl (C=O) groups is 1. The number of rotatable bonds is 8. The van der Waals surface area contributed by atoms with Crippen LogP contribution in [0.4, 0.5) is 5.69 Å². The van der Waals surface area contributed by atoms with E-state index in [4.69, 9.17) is 9.47 Å². The van der Waals surface area contributed by atoms with Gasteiger partial charge in [-0.15, -0.1) is 0 Å². The standard InChI is InChI=1S/C28H32N2O5S/c1-5-20-11-9-10-14-25(20)30(36(32,33)22-12-7-6-8-13-22)19-27(31)29-24-18-28(2,3)35-26-17-21(34-4)15-16-23(24)26/h6-17,24H,5,18-19H2,1-4H3,(H,29,31). The number of amides is 1. The topological polar surface area (TPSA) is 84.9 Å². The number of ether oxygens (including phenoxy) is 2. The van der Waals surface area contributed by atoms with Crippen LogP contribution < -0.4 is 19.1 Å². The molecule has 1 N–H and O–H groups in total. The molecule has 0 saturated heterocycles. The average molecular weight is 509 g/mol. The number of para-hydroxylation sites is 1. The van der Waals surface area contributed by atoms with E-state index in [2.05, 4.69) is 5.32 Å². The van der Waals surface area contributed by atoms with Gasteiger partial charge in [0.25, 0.3) is 10.0 Å². The van der Waals surface area contributed by atoms with Crippen LogP contribution >= 0.6 is 0 Å². The van der Waals surface area contributed by atoms with Crippen molar-refractivity contribution >= 4 is 21.6 Å². The molecule has 0 saturated carbocycles. The minimum atomic E-state index is -3.98. The van der Waals surface area contributed by atoms with Gasteiger partial charge in [0, 0.05) is 18.1 Å². The summed E-state index contributed by atoms with van der Waals surface area (Å²) in [6, 6.07) is 20.6. The first-order chi connectivity index (χ1) is 17.1. The van der Waals surface area contributed by atoms with Gasteiger partial charge in [-0.3, -0.25) is 9.10 Å². The molecule has 0 fully saturated rings. The summed E-state index contributed by atoms with van der Waals surface area (Å²) in [5, 5.41) is 3.06. The Labute approximate surface area is 213 Å². The van der Waals surface area contributed by atoms with Crippen molar-refractivity contribution in [1.82, 2.24) is 5.32 Å². The van der Waals surface area contributed by atoms with Crippen LogP contribution in [-0.2, 0) is 21.2 Å². The molecule has 0 aromatic heterocycles. The largest absolute Gasteiger partial charge is 0.497 e. The van der Waals surface area contributed by atoms with Gasteiger partial charge < -0.3 is 14.8 Å². The molecule has 3 aromatic carbocycles. The van der Waals surface area contributed by atoms with Gasteiger partial charge in [-0.1, -0.05) is 43.3 Å². The zero-order valence-electron chi connectivity index (χ0n) is 21.0. The molecule has 190 valence electrons. The molecule has 1 aliphatic rings. The molecular weight excluding hydrogens is 476 g/mol. The Kier molecular flexibility index (Phi) is 7.26. The highest BCUT2D eigenvalue weighted by atomic mass is 32.2. The molecule has 1 amide bonds. The number of methoxy groups -OCH3 is 1. The molecule has 0 aliphatic carbocycles. The van der Waals surface area contributed by atoms with Crippen LogP contribution in [0, 0.1) is 0 Å². The molecule has 8 heteroatoms. The van der Waals surface area contributed by atoms with Crippen molar-refractivity contribution in [2.75, 3.05) is 18.0 Å². The fraction of sp³-hybridized carbons (Fsp3) is 0.321. The maximum atomic E-state index is 13.7. The Bertz CT molecular complexity index is 1340. The zero-order chi connectivity index (χ0) is 25.9. The van der Waals surface area contributed by atoms with Gasteiger partial charge in [0.05, 0.1) is 23.7 Å². The lowest BCUT2D eigenvalue weighted by Crippen LogP contribution is -2.45. The van der Waals surface area contributed by atoms with Crippen molar-refractivity contribution in [3.05, 3.63) is 83.9 Å². The quantitative estimate of drug-likeness (QED) is 0.469. The van der Waals surface area contributed by atoms with Crippen molar-refractivity contribution in [3.8, 4) is 11.5 Å². The van der Waals surface area contributed by atoms with Crippen molar-refractivity contribution < 1.29 is 22.7 Å². The molecule has 1 unspecified atom stereocenters. The van der Waals surface area contributed by atoms with Crippen LogP contribution in [0.15, 0.2) is 77.7 Å². The van der Waals surface area contributed by atoms with E-state index in [1.807, 2.05) is 45.0 Å². The highest BCUT2D eigenvalue weighted by Gasteiger charge is 2.36. The fourth-order valence-corrected chi connectivity index (χ4v) is 6.01. The Morgan fingerprint density at radius 3 is 2.47 bits per heavy atom. The van der Waals surface area contributed by atoms with Crippen LogP contribution in [0.2, 0.25) is 0 Å². The predicted molar refractivity (Wildman–Crippen MR) is 140 cm³/mol. The fourth-order valence-electron chi connectivity index (χ4n) is 4.53. The third kappa shape index (κ3) is 5.33. The van der Waals surface area contributed by atoms with Gasteiger partial charge in [-0.05, 0) is 56.2 Å². The maximum absolute atomic E-state index is 13.7. The number of carbonyl (C=O) groups excluding carboxylic acids is 1. The Balaban J connectivity index is 1.67. The molecule has 1 atom stereocenters. The second-order valence-corrected chi connectivity index (χ2v) is 11.3. The van der Waals surface area contributed by atoms with E-state index in [1.165, 1.54) is 4.31 Å².